The minimum Gasteiger partial charge on any atom is -0.481 e. The maximum atomic E-state index is 13.7. The van der Waals surface area contributed by atoms with Gasteiger partial charge in [-0.05, 0) is 64.2 Å². The molecular weight excluding hydrogens is 636 g/mol. The maximum Gasteiger partial charge on any atom is 0.409 e. The van der Waals surface area contributed by atoms with E-state index in [1.807, 2.05) is 19.9 Å². The van der Waals surface area contributed by atoms with Crippen molar-refractivity contribution in [2.24, 2.45) is 0 Å². The van der Waals surface area contributed by atoms with Crippen molar-refractivity contribution in [3.05, 3.63) is 35.5 Å². The average Bonchev–Trinajstić information content (AvgIpc) is 3.58. The number of benzene rings is 1. The van der Waals surface area contributed by atoms with Crippen LogP contribution in [-0.2, 0) is 23.9 Å². The Bertz CT molecular complexity index is 1560. The van der Waals surface area contributed by atoms with Gasteiger partial charge in [0.2, 0.25) is 11.8 Å². The summed E-state index contributed by atoms with van der Waals surface area (Å²) in [5.74, 6) is -2.68. The summed E-state index contributed by atoms with van der Waals surface area (Å²) < 4.78 is 11.2. The maximum absolute atomic E-state index is 13.7. The number of carbonyl (C=O) groups is 6. The van der Waals surface area contributed by atoms with Gasteiger partial charge < -0.3 is 39.9 Å². The van der Waals surface area contributed by atoms with E-state index in [0.29, 0.717) is 36.8 Å². The molecule has 1 aromatic heterocycles. The third-order valence-corrected chi connectivity index (χ3v) is 8.57. The van der Waals surface area contributed by atoms with Crippen molar-refractivity contribution in [1.82, 2.24) is 30.3 Å². The zero-order valence-corrected chi connectivity index (χ0v) is 28.5. The first-order valence-corrected chi connectivity index (χ1v) is 16.8. The van der Waals surface area contributed by atoms with E-state index in [1.54, 1.807) is 26.0 Å². The lowest BCUT2D eigenvalue weighted by Gasteiger charge is -2.35. The number of hydrogen-bond acceptors (Lipinski definition) is 9. The summed E-state index contributed by atoms with van der Waals surface area (Å²) >= 11 is 0. The van der Waals surface area contributed by atoms with Gasteiger partial charge in [-0.15, -0.1) is 0 Å². The van der Waals surface area contributed by atoms with Gasteiger partial charge in [-0.3, -0.25) is 24.0 Å². The number of likely N-dealkylation sites (tertiary alicyclic amines) is 1. The first-order chi connectivity index (χ1) is 23.4. The van der Waals surface area contributed by atoms with Crippen LogP contribution in [0.25, 0.3) is 10.9 Å². The van der Waals surface area contributed by atoms with Crippen LogP contribution in [0.2, 0.25) is 0 Å². The Hall–Kier alpha value is -4.95. The topological polar surface area (TPSA) is 188 Å². The SMILES string of the molecule is CCCNC(=O)[C@@H]1CCCN1C(=O)[C@@H](C)Oc1cc(C(=O)N[C@@H](CCC(=O)O)C(=O)N2CCN(C(=O)OCC)CC2)nc2cc(C)ccc12. The summed E-state index contributed by atoms with van der Waals surface area (Å²) in [6.07, 6.45) is 0.00864. The number of amides is 5. The molecule has 15 heteroatoms. The summed E-state index contributed by atoms with van der Waals surface area (Å²) in [5.41, 5.74) is 1.19. The Labute approximate surface area is 285 Å². The normalized spacial score (nSPS) is 17.3. The standard InChI is InChI=1S/C34H46N6O9/c1-5-13-35-31(44)27-8-7-14-40(27)32(45)22(4)49-28-20-26(36-25-19-21(3)9-10-23(25)28)30(43)37-24(11-12-29(41)42)33(46)38-15-17-39(18-16-38)34(47)48-6-2/h9-10,19-20,22,24,27H,5-8,11-18H2,1-4H3,(H,35,44)(H,37,43)(H,41,42)/t22-,24+,27+/m1/s1. The number of aliphatic carboxylic acids is 1. The van der Waals surface area contributed by atoms with Crippen molar-refractivity contribution >= 4 is 46.6 Å². The molecule has 2 aliphatic heterocycles. The molecule has 0 saturated carbocycles. The van der Waals surface area contributed by atoms with E-state index in [1.165, 1.54) is 20.8 Å². The predicted octanol–water partition coefficient (Wildman–Crippen LogP) is 2.09. The smallest absolute Gasteiger partial charge is 0.409 e. The number of fused-ring (bicyclic) bond motifs is 1. The molecule has 0 unspecified atom stereocenters. The Balaban J connectivity index is 1.54. The summed E-state index contributed by atoms with van der Waals surface area (Å²) in [6, 6.07) is 5.01. The van der Waals surface area contributed by atoms with Crippen LogP contribution >= 0.6 is 0 Å². The number of ether oxygens (including phenoxy) is 2. The molecule has 0 radical (unpaired) electrons. The number of nitrogens with zero attached hydrogens (tertiary/aromatic N) is 4. The third kappa shape index (κ3) is 9.36. The number of pyridine rings is 1. The van der Waals surface area contributed by atoms with Gasteiger partial charge in [-0.25, -0.2) is 9.78 Å². The van der Waals surface area contributed by atoms with Crippen molar-refractivity contribution in [1.29, 1.82) is 0 Å². The van der Waals surface area contributed by atoms with Gasteiger partial charge in [0.05, 0.1) is 12.1 Å². The number of aryl methyl sites for hydroxylation is 1. The largest absolute Gasteiger partial charge is 0.481 e. The molecule has 2 fully saturated rings. The molecule has 0 bridgehead atoms. The fourth-order valence-electron chi connectivity index (χ4n) is 5.97. The molecular formula is C34H46N6O9. The lowest BCUT2D eigenvalue weighted by atomic mass is 10.1. The molecule has 3 heterocycles. The molecule has 1 aromatic carbocycles. The van der Waals surface area contributed by atoms with E-state index in [-0.39, 0.29) is 68.9 Å². The van der Waals surface area contributed by atoms with Crippen molar-refractivity contribution in [2.75, 3.05) is 45.9 Å². The Morgan fingerprint density at radius 1 is 1.00 bits per heavy atom. The first-order valence-electron chi connectivity index (χ1n) is 16.8. The van der Waals surface area contributed by atoms with Crippen LogP contribution in [0.3, 0.4) is 0 Å². The van der Waals surface area contributed by atoms with E-state index < -0.39 is 42.1 Å². The van der Waals surface area contributed by atoms with Crippen molar-refractivity contribution in [2.45, 2.75) is 78.0 Å². The van der Waals surface area contributed by atoms with Gasteiger partial charge in [0.15, 0.2) is 6.10 Å². The first kappa shape index (κ1) is 36.9. The zero-order chi connectivity index (χ0) is 35.7. The van der Waals surface area contributed by atoms with Crippen LogP contribution in [0, 0.1) is 6.92 Å². The lowest BCUT2D eigenvalue weighted by molar-refractivity contribution is -0.143. The lowest BCUT2D eigenvalue weighted by Crippen LogP contribution is -2.56. The number of carboxylic acids is 1. The van der Waals surface area contributed by atoms with E-state index in [2.05, 4.69) is 15.6 Å². The summed E-state index contributed by atoms with van der Waals surface area (Å²) in [4.78, 5) is 86.1. The highest BCUT2D eigenvalue weighted by molar-refractivity contribution is 6.00. The predicted molar refractivity (Wildman–Crippen MR) is 178 cm³/mol. The summed E-state index contributed by atoms with van der Waals surface area (Å²) in [6.45, 7) is 9.10. The molecule has 3 atom stereocenters. The highest BCUT2D eigenvalue weighted by Crippen LogP contribution is 2.29. The molecule has 2 aromatic rings. The van der Waals surface area contributed by atoms with E-state index in [9.17, 15) is 33.9 Å². The van der Waals surface area contributed by atoms with Crippen LogP contribution in [0.4, 0.5) is 4.79 Å². The molecule has 2 saturated heterocycles. The van der Waals surface area contributed by atoms with Gasteiger partial charge in [0, 0.05) is 57.1 Å². The number of rotatable bonds is 13. The molecule has 4 rings (SSSR count). The Morgan fingerprint density at radius 3 is 2.39 bits per heavy atom. The minimum absolute atomic E-state index is 0.0917. The molecule has 0 aliphatic carbocycles. The van der Waals surface area contributed by atoms with Crippen LogP contribution in [0.5, 0.6) is 5.75 Å². The van der Waals surface area contributed by atoms with Gasteiger partial charge in [0.25, 0.3) is 11.8 Å². The van der Waals surface area contributed by atoms with E-state index >= 15 is 0 Å². The Morgan fingerprint density at radius 2 is 1.71 bits per heavy atom. The molecule has 2 aliphatic rings. The fraction of sp³-hybridized carbons (Fsp3) is 0.559. The highest BCUT2D eigenvalue weighted by Gasteiger charge is 2.37. The monoisotopic (exact) mass is 682 g/mol. The van der Waals surface area contributed by atoms with Crippen molar-refractivity contribution in [3.8, 4) is 5.75 Å². The molecule has 15 nitrogen and oxygen atoms in total. The zero-order valence-electron chi connectivity index (χ0n) is 28.5. The fourth-order valence-corrected chi connectivity index (χ4v) is 5.97. The van der Waals surface area contributed by atoms with Gasteiger partial charge >= 0.3 is 12.1 Å². The van der Waals surface area contributed by atoms with Crippen molar-refractivity contribution in [3.63, 3.8) is 0 Å². The molecule has 5 amide bonds. The summed E-state index contributed by atoms with van der Waals surface area (Å²) in [7, 11) is 0. The van der Waals surface area contributed by atoms with Crippen LogP contribution in [0.15, 0.2) is 24.3 Å². The van der Waals surface area contributed by atoms with E-state index in [4.69, 9.17) is 9.47 Å². The number of nitrogens with one attached hydrogen (secondary N) is 2. The second kappa shape index (κ2) is 16.9. The second-order valence-corrected chi connectivity index (χ2v) is 12.2. The molecule has 266 valence electrons. The van der Waals surface area contributed by atoms with Crippen LogP contribution < -0.4 is 15.4 Å². The van der Waals surface area contributed by atoms with Crippen LogP contribution in [0.1, 0.15) is 68.9 Å². The molecule has 0 spiro atoms. The molecule has 3 N–H and O–H groups in total. The number of carboxylic acid groups (broad SMARTS) is 1. The second-order valence-electron chi connectivity index (χ2n) is 12.2. The highest BCUT2D eigenvalue weighted by atomic mass is 16.6. The number of carbonyl (C=O) groups excluding carboxylic acids is 5. The van der Waals surface area contributed by atoms with E-state index in [0.717, 1.165) is 12.0 Å². The number of aromatic nitrogens is 1. The number of piperazine rings is 1. The third-order valence-electron chi connectivity index (χ3n) is 8.57. The quantitative estimate of drug-likeness (QED) is 0.282. The minimum atomic E-state index is -1.18. The average molecular weight is 683 g/mol. The van der Waals surface area contributed by atoms with Crippen LogP contribution in [-0.4, -0.2) is 125 Å². The number of hydrogen-bond donors (Lipinski definition) is 3. The Kier molecular flexibility index (Phi) is 12.7. The molecule has 49 heavy (non-hydrogen) atoms. The summed E-state index contributed by atoms with van der Waals surface area (Å²) in [5, 5.41) is 15.4. The van der Waals surface area contributed by atoms with Crippen molar-refractivity contribution < 1.29 is 43.3 Å². The van der Waals surface area contributed by atoms with Gasteiger partial charge in [-0.2, -0.15) is 0 Å². The van der Waals surface area contributed by atoms with Gasteiger partial charge in [0.1, 0.15) is 23.5 Å². The van der Waals surface area contributed by atoms with Gasteiger partial charge in [-0.1, -0.05) is 13.0 Å².